The third-order valence-electron chi connectivity index (χ3n) is 4.76. The van der Waals surface area contributed by atoms with Gasteiger partial charge < -0.3 is 4.42 Å². The van der Waals surface area contributed by atoms with E-state index < -0.39 is 5.56 Å². The van der Waals surface area contributed by atoms with Crippen LogP contribution in [0, 0.1) is 0 Å². The standard InChI is InChI=1S/C23H13Cl2N3O3S/c24-14-6-8-16(17(25)11-14)19-9-7-15(31-19)12-20-22(30)28-23(32-20)26-21(29)18(27-28)10-13-4-2-1-3-5-13/h1-9,11-12H,10H2/b20-12+. The van der Waals surface area contributed by atoms with Crippen molar-refractivity contribution in [3.8, 4) is 11.3 Å². The molecule has 2 aromatic carbocycles. The summed E-state index contributed by atoms with van der Waals surface area (Å²) in [6.45, 7) is 0. The summed E-state index contributed by atoms with van der Waals surface area (Å²) in [5.41, 5.74) is 1.01. The van der Waals surface area contributed by atoms with Gasteiger partial charge in [-0.15, -0.1) is 0 Å². The first-order chi connectivity index (χ1) is 15.5. The first-order valence-corrected chi connectivity index (χ1v) is 11.1. The summed E-state index contributed by atoms with van der Waals surface area (Å²) in [6.07, 6.45) is 1.89. The Morgan fingerprint density at radius 1 is 1.03 bits per heavy atom. The fourth-order valence-corrected chi connectivity index (χ4v) is 4.62. The monoisotopic (exact) mass is 481 g/mol. The maximum absolute atomic E-state index is 12.9. The van der Waals surface area contributed by atoms with Crippen LogP contribution in [0.4, 0.5) is 0 Å². The minimum atomic E-state index is -0.445. The van der Waals surface area contributed by atoms with Gasteiger partial charge in [-0.1, -0.05) is 64.9 Å². The molecule has 0 unspecified atom stereocenters. The highest BCUT2D eigenvalue weighted by atomic mass is 35.5. The predicted molar refractivity (Wildman–Crippen MR) is 126 cm³/mol. The van der Waals surface area contributed by atoms with Crippen LogP contribution in [0.3, 0.4) is 0 Å². The summed E-state index contributed by atoms with van der Waals surface area (Å²) < 4.78 is 7.36. The fraction of sp³-hybridized carbons (Fsp3) is 0.0435. The largest absolute Gasteiger partial charge is 0.457 e. The predicted octanol–water partition coefficient (Wildman–Crippen LogP) is 4.22. The molecule has 0 bridgehead atoms. The second-order valence-electron chi connectivity index (χ2n) is 6.96. The van der Waals surface area contributed by atoms with Crippen LogP contribution in [-0.2, 0) is 6.42 Å². The summed E-state index contributed by atoms with van der Waals surface area (Å²) in [5, 5.41) is 5.25. The molecule has 0 aliphatic rings. The Kier molecular flexibility index (Phi) is 5.38. The molecule has 158 valence electrons. The lowest BCUT2D eigenvalue weighted by Gasteiger charge is -2.00. The van der Waals surface area contributed by atoms with E-state index in [9.17, 15) is 9.59 Å². The molecule has 5 aromatic rings. The van der Waals surface area contributed by atoms with E-state index in [-0.39, 0.29) is 16.2 Å². The summed E-state index contributed by atoms with van der Waals surface area (Å²) >= 11 is 13.3. The summed E-state index contributed by atoms with van der Waals surface area (Å²) in [4.78, 5) is 29.6. The zero-order valence-electron chi connectivity index (χ0n) is 16.3. The van der Waals surface area contributed by atoms with Gasteiger partial charge in [0.1, 0.15) is 21.7 Å². The van der Waals surface area contributed by atoms with Crippen molar-refractivity contribution in [2.45, 2.75) is 6.42 Å². The Bertz CT molecular complexity index is 1620. The third kappa shape index (κ3) is 3.98. The first kappa shape index (κ1) is 20.6. The number of hydrogen-bond donors (Lipinski definition) is 0. The second kappa shape index (κ2) is 8.35. The van der Waals surface area contributed by atoms with Crippen LogP contribution in [0.1, 0.15) is 17.0 Å². The Hall–Kier alpha value is -3.26. The molecule has 0 fully saturated rings. The van der Waals surface area contributed by atoms with Crippen LogP contribution < -0.4 is 15.7 Å². The van der Waals surface area contributed by atoms with Crippen molar-refractivity contribution >= 4 is 45.6 Å². The zero-order chi connectivity index (χ0) is 22.2. The molecule has 0 N–H and O–H groups in total. The lowest BCUT2D eigenvalue weighted by molar-refractivity contribution is 0.571. The minimum Gasteiger partial charge on any atom is -0.457 e. The fourth-order valence-electron chi connectivity index (χ4n) is 3.23. The Labute approximate surface area is 195 Å². The van der Waals surface area contributed by atoms with Crippen molar-refractivity contribution < 1.29 is 4.42 Å². The third-order valence-corrected chi connectivity index (χ3v) is 6.27. The van der Waals surface area contributed by atoms with Crippen LogP contribution in [-0.4, -0.2) is 14.6 Å². The second-order valence-corrected chi connectivity index (χ2v) is 8.82. The SMILES string of the molecule is O=c1nc2s/c(=C/c3ccc(-c4ccc(Cl)cc4Cl)o3)c(=O)n2nc1Cc1ccccc1. The Morgan fingerprint density at radius 3 is 2.62 bits per heavy atom. The van der Waals surface area contributed by atoms with E-state index in [0.717, 1.165) is 21.4 Å². The van der Waals surface area contributed by atoms with Crippen molar-refractivity contribution in [2.75, 3.05) is 0 Å². The Balaban J connectivity index is 1.54. The quantitative estimate of drug-likeness (QED) is 0.384. The zero-order valence-corrected chi connectivity index (χ0v) is 18.6. The van der Waals surface area contributed by atoms with Crippen LogP contribution in [0.2, 0.25) is 10.0 Å². The van der Waals surface area contributed by atoms with Crippen LogP contribution in [0.15, 0.2) is 74.7 Å². The average molecular weight is 482 g/mol. The molecule has 32 heavy (non-hydrogen) atoms. The van der Waals surface area contributed by atoms with Gasteiger partial charge in [-0.25, -0.2) is 0 Å². The van der Waals surface area contributed by atoms with E-state index in [1.807, 2.05) is 30.3 Å². The number of hydrogen-bond acceptors (Lipinski definition) is 6. The Morgan fingerprint density at radius 2 is 1.84 bits per heavy atom. The van der Waals surface area contributed by atoms with E-state index in [0.29, 0.717) is 38.1 Å². The lowest BCUT2D eigenvalue weighted by atomic mass is 10.1. The normalized spacial score (nSPS) is 12.0. The molecule has 0 aliphatic carbocycles. The number of benzene rings is 2. The van der Waals surface area contributed by atoms with Crippen molar-refractivity contribution in [3.05, 3.63) is 113 Å². The smallest absolute Gasteiger partial charge is 0.296 e. The molecule has 0 saturated carbocycles. The molecule has 0 radical (unpaired) electrons. The molecule has 3 aromatic heterocycles. The number of thiazole rings is 1. The van der Waals surface area contributed by atoms with Crippen molar-refractivity contribution in [1.29, 1.82) is 0 Å². The van der Waals surface area contributed by atoms with E-state index in [2.05, 4.69) is 10.1 Å². The molecule has 6 nitrogen and oxygen atoms in total. The summed E-state index contributed by atoms with van der Waals surface area (Å²) in [5.74, 6) is 1.00. The number of fused-ring (bicyclic) bond motifs is 1. The van der Waals surface area contributed by atoms with E-state index in [4.69, 9.17) is 27.6 Å². The molecule has 0 amide bonds. The topological polar surface area (TPSA) is 77.5 Å². The van der Waals surface area contributed by atoms with Crippen LogP contribution in [0.5, 0.6) is 0 Å². The molecule has 3 heterocycles. The van der Waals surface area contributed by atoms with E-state index in [1.54, 1.807) is 36.4 Å². The number of halogens is 2. The number of nitrogens with zero attached hydrogens (tertiary/aromatic N) is 3. The van der Waals surface area contributed by atoms with Crippen molar-refractivity contribution in [2.24, 2.45) is 0 Å². The van der Waals surface area contributed by atoms with Gasteiger partial charge in [0, 0.05) is 23.1 Å². The average Bonchev–Trinajstić information content (AvgIpc) is 3.34. The number of aromatic nitrogens is 3. The molecule has 5 rings (SSSR count). The first-order valence-electron chi connectivity index (χ1n) is 9.51. The van der Waals surface area contributed by atoms with Gasteiger partial charge in [0.25, 0.3) is 11.1 Å². The summed E-state index contributed by atoms with van der Waals surface area (Å²) in [7, 11) is 0. The lowest BCUT2D eigenvalue weighted by Crippen LogP contribution is -2.28. The molecule has 0 saturated heterocycles. The molecule has 0 spiro atoms. The minimum absolute atomic E-state index is 0.216. The van der Waals surface area contributed by atoms with Gasteiger partial charge >= 0.3 is 0 Å². The maximum Gasteiger partial charge on any atom is 0.296 e. The van der Waals surface area contributed by atoms with Crippen LogP contribution >= 0.6 is 34.5 Å². The maximum atomic E-state index is 12.9. The van der Waals surface area contributed by atoms with Gasteiger partial charge in [0.05, 0.1) is 5.02 Å². The molecular formula is C23H13Cl2N3O3S. The summed E-state index contributed by atoms with van der Waals surface area (Å²) in [6, 6.07) is 18.0. The van der Waals surface area contributed by atoms with Gasteiger partial charge in [0.2, 0.25) is 4.96 Å². The van der Waals surface area contributed by atoms with Crippen LogP contribution in [0.25, 0.3) is 22.4 Å². The van der Waals surface area contributed by atoms with Gasteiger partial charge in [0.15, 0.2) is 0 Å². The number of furan rings is 1. The van der Waals surface area contributed by atoms with E-state index in [1.165, 1.54) is 0 Å². The van der Waals surface area contributed by atoms with E-state index >= 15 is 0 Å². The van der Waals surface area contributed by atoms with Crippen molar-refractivity contribution in [3.63, 3.8) is 0 Å². The van der Waals surface area contributed by atoms with Gasteiger partial charge in [-0.2, -0.15) is 14.6 Å². The van der Waals surface area contributed by atoms with Crippen molar-refractivity contribution in [1.82, 2.24) is 14.6 Å². The highest BCUT2D eigenvalue weighted by Gasteiger charge is 2.13. The number of rotatable bonds is 4. The molecule has 0 atom stereocenters. The molecular weight excluding hydrogens is 469 g/mol. The van der Waals surface area contributed by atoms with Gasteiger partial charge in [-0.05, 0) is 35.9 Å². The molecule has 9 heteroatoms. The highest BCUT2D eigenvalue weighted by molar-refractivity contribution is 7.15. The van der Waals surface area contributed by atoms with Gasteiger partial charge in [-0.3, -0.25) is 9.59 Å². The highest BCUT2D eigenvalue weighted by Crippen LogP contribution is 2.31. The molecule has 0 aliphatic heterocycles.